The van der Waals surface area contributed by atoms with E-state index in [4.69, 9.17) is 0 Å². The average Bonchev–Trinajstić information content (AvgIpc) is 2.53. The van der Waals surface area contributed by atoms with Crippen molar-refractivity contribution in [3.63, 3.8) is 0 Å². The molecule has 2 aromatic rings. The van der Waals surface area contributed by atoms with Gasteiger partial charge in [0.15, 0.2) is 0 Å². The van der Waals surface area contributed by atoms with Crippen molar-refractivity contribution in [2.45, 2.75) is 38.6 Å². The van der Waals surface area contributed by atoms with Crippen molar-refractivity contribution in [1.82, 2.24) is 9.97 Å². The largest absolute Gasteiger partial charge is 0.326 e. The third-order valence-electron chi connectivity index (χ3n) is 3.45. The lowest BCUT2D eigenvalue weighted by atomic mass is 10.1. The fourth-order valence-electron chi connectivity index (χ4n) is 2.31. The number of hydrogen-bond acceptors (Lipinski definition) is 5. The van der Waals surface area contributed by atoms with Crippen LogP contribution in [0.1, 0.15) is 48.6 Å². The van der Waals surface area contributed by atoms with Gasteiger partial charge in [-0.3, -0.25) is 9.59 Å². The Morgan fingerprint density at radius 1 is 1.12 bits per heavy atom. The molecule has 7 heteroatoms. The molecular formula is C18H22N4O2S. The first-order valence-corrected chi connectivity index (χ1v) is 9.15. The molecule has 1 aromatic heterocycles. The Kier molecular flexibility index (Phi) is 6.14. The molecule has 0 aliphatic carbocycles. The topological polar surface area (TPSA) is 84.0 Å². The van der Waals surface area contributed by atoms with Crippen LogP contribution in [0.4, 0.5) is 11.4 Å². The maximum atomic E-state index is 12.7. The van der Waals surface area contributed by atoms with E-state index in [9.17, 15) is 9.59 Å². The fourth-order valence-corrected chi connectivity index (χ4v) is 2.94. The summed E-state index contributed by atoms with van der Waals surface area (Å²) in [6.45, 7) is 7.29. The van der Waals surface area contributed by atoms with Gasteiger partial charge in [-0.15, -0.1) is 11.8 Å². The molecule has 0 saturated heterocycles. The number of aromatic nitrogens is 2. The van der Waals surface area contributed by atoms with E-state index in [2.05, 4.69) is 20.6 Å². The van der Waals surface area contributed by atoms with E-state index in [0.29, 0.717) is 27.7 Å². The summed E-state index contributed by atoms with van der Waals surface area (Å²) in [6, 6.07) is 7.00. The average molecular weight is 358 g/mol. The minimum atomic E-state index is -0.267. The number of anilines is 2. The zero-order valence-electron chi connectivity index (χ0n) is 15.0. The van der Waals surface area contributed by atoms with Crippen LogP contribution in [0.5, 0.6) is 0 Å². The summed E-state index contributed by atoms with van der Waals surface area (Å²) in [5.41, 5.74) is 2.34. The van der Waals surface area contributed by atoms with Crippen molar-refractivity contribution in [2.75, 3.05) is 16.9 Å². The van der Waals surface area contributed by atoms with Gasteiger partial charge >= 0.3 is 0 Å². The summed E-state index contributed by atoms with van der Waals surface area (Å²) in [4.78, 5) is 32.9. The molecule has 0 atom stereocenters. The normalized spacial score (nSPS) is 10.6. The third-order valence-corrected chi connectivity index (χ3v) is 4.13. The molecule has 0 saturated carbocycles. The third kappa shape index (κ3) is 4.79. The molecule has 0 fully saturated rings. The first-order valence-electron chi connectivity index (χ1n) is 7.93. The minimum absolute atomic E-state index is 0.165. The number of amides is 2. The lowest BCUT2D eigenvalue weighted by Gasteiger charge is -2.14. The number of nitrogens with zero attached hydrogens (tertiary/aromatic N) is 2. The Morgan fingerprint density at radius 3 is 2.32 bits per heavy atom. The lowest BCUT2D eigenvalue weighted by molar-refractivity contribution is -0.114. The smallest absolute Gasteiger partial charge is 0.260 e. The summed E-state index contributed by atoms with van der Waals surface area (Å²) in [5.74, 6) is 0.487. The van der Waals surface area contributed by atoms with Crippen molar-refractivity contribution in [2.24, 2.45) is 0 Å². The second-order valence-electron chi connectivity index (χ2n) is 5.92. The molecular weight excluding hydrogens is 336 g/mol. The molecule has 0 spiro atoms. The number of carbonyl (C=O) groups excluding carboxylic acids is 2. The van der Waals surface area contributed by atoms with Crippen LogP contribution in [0.15, 0.2) is 29.3 Å². The lowest BCUT2D eigenvalue weighted by Crippen LogP contribution is -2.18. The molecule has 0 bridgehead atoms. The van der Waals surface area contributed by atoms with E-state index in [0.717, 1.165) is 5.82 Å². The molecule has 0 aliphatic heterocycles. The SMILES string of the molecule is CSc1nc(C(C)C)nc(C)c1C(=O)Nc1cccc(NC(C)=O)c1. The monoisotopic (exact) mass is 358 g/mol. The van der Waals surface area contributed by atoms with Crippen molar-refractivity contribution < 1.29 is 9.59 Å². The standard InChI is InChI=1S/C18H22N4O2S/c1-10(2)16-19-11(3)15(18(22-16)25-5)17(24)21-14-8-6-7-13(9-14)20-12(4)23/h6-10H,1-5H3,(H,20,23)(H,21,24). The van der Waals surface area contributed by atoms with E-state index < -0.39 is 0 Å². The van der Waals surface area contributed by atoms with Gasteiger partial charge in [-0.1, -0.05) is 19.9 Å². The second-order valence-corrected chi connectivity index (χ2v) is 6.72. The summed E-state index contributed by atoms with van der Waals surface area (Å²) >= 11 is 1.42. The number of aryl methyl sites for hydroxylation is 1. The van der Waals surface area contributed by atoms with Crippen molar-refractivity contribution in [3.05, 3.63) is 41.3 Å². The number of nitrogens with one attached hydrogen (secondary N) is 2. The van der Waals surface area contributed by atoms with Gasteiger partial charge in [0.25, 0.3) is 5.91 Å². The van der Waals surface area contributed by atoms with Crippen LogP contribution in [0, 0.1) is 6.92 Å². The van der Waals surface area contributed by atoms with Crippen molar-refractivity contribution in [3.8, 4) is 0 Å². The summed E-state index contributed by atoms with van der Waals surface area (Å²) in [6.07, 6.45) is 1.89. The van der Waals surface area contributed by atoms with Crippen molar-refractivity contribution in [1.29, 1.82) is 0 Å². The van der Waals surface area contributed by atoms with Gasteiger partial charge in [0.2, 0.25) is 5.91 Å². The minimum Gasteiger partial charge on any atom is -0.326 e. The summed E-state index contributed by atoms with van der Waals surface area (Å²) < 4.78 is 0. The Bertz CT molecular complexity index is 806. The van der Waals surface area contributed by atoms with E-state index in [1.807, 2.05) is 27.0 Å². The van der Waals surface area contributed by atoms with E-state index in [1.165, 1.54) is 18.7 Å². The van der Waals surface area contributed by atoms with Crippen LogP contribution in [-0.4, -0.2) is 28.0 Å². The number of carbonyl (C=O) groups is 2. The van der Waals surface area contributed by atoms with Gasteiger partial charge in [0.05, 0.1) is 11.3 Å². The maximum Gasteiger partial charge on any atom is 0.260 e. The molecule has 2 amide bonds. The highest BCUT2D eigenvalue weighted by Crippen LogP contribution is 2.24. The van der Waals surface area contributed by atoms with Gasteiger partial charge in [-0.25, -0.2) is 9.97 Å². The van der Waals surface area contributed by atoms with E-state index in [1.54, 1.807) is 24.3 Å². The van der Waals surface area contributed by atoms with Crippen LogP contribution < -0.4 is 10.6 Å². The summed E-state index contributed by atoms with van der Waals surface area (Å²) in [7, 11) is 0. The highest BCUT2D eigenvalue weighted by Gasteiger charge is 2.19. The first-order chi connectivity index (χ1) is 11.8. The zero-order chi connectivity index (χ0) is 18.6. The molecule has 132 valence electrons. The molecule has 1 heterocycles. The van der Waals surface area contributed by atoms with Crippen molar-refractivity contribution >= 4 is 35.0 Å². The Hall–Kier alpha value is -2.41. The Labute approximate surface area is 151 Å². The van der Waals surface area contributed by atoms with Crippen LogP contribution in [0.3, 0.4) is 0 Å². The van der Waals surface area contributed by atoms with Crippen LogP contribution >= 0.6 is 11.8 Å². The number of thioether (sulfide) groups is 1. The van der Waals surface area contributed by atoms with Gasteiger partial charge in [-0.05, 0) is 31.4 Å². The predicted octanol–water partition coefficient (Wildman–Crippen LogP) is 3.84. The highest BCUT2D eigenvalue weighted by molar-refractivity contribution is 7.98. The Morgan fingerprint density at radius 2 is 1.76 bits per heavy atom. The van der Waals surface area contributed by atoms with Gasteiger partial charge in [0, 0.05) is 24.2 Å². The number of hydrogen-bond donors (Lipinski definition) is 2. The molecule has 0 aliphatic rings. The Balaban J connectivity index is 2.31. The first kappa shape index (κ1) is 18.9. The predicted molar refractivity (Wildman–Crippen MR) is 101 cm³/mol. The highest BCUT2D eigenvalue weighted by atomic mass is 32.2. The molecule has 1 aromatic carbocycles. The zero-order valence-corrected chi connectivity index (χ0v) is 15.8. The number of rotatable bonds is 5. The molecule has 25 heavy (non-hydrogen) atoms. The van der Waals surface area contributed by atoms with E-state index in [-0.39, 0.29) is 17.7 Å². The van der Waals surface area contributed by atoms with Gasteiger partial charge in [0.1, 0.15) is 10.9 Å². The molecule has 6 nitrogen and oxygen atoms in total. The second kappa shape index (κ2) is 8.11. The van der Waals surface area contributed by atoms with Gasteiger partial charge < -0.3 is 10.6 Å². The molecule has 2 rings (SSSR count). The summed E-state index contributed by atoms with van der Waals surface area (Å²) in [5, 5.41) is 6.20. The maximum absolute atomic E-state index is 12.7. The fraction of sp³-hybridized carbons (Fsp3) is 0.333. The van der Waals surface area contributed by atoms with Gasteiger partial charge in [-0.2, -0.15) is 0 Å². The molecule has 2 N–H and O–H groups in total. The molecule has 0 unspecified atom stereocenters. The van der Waals surface area contributed by atoms with Crippen LogP contribution in [-0.2, 0) is 4.79 Å². The van der Waals surface area contributed by atoms with E-state index >= 15 is 0 Å². The van der Waals surface area contributed by atoms with Crippen LogP contribution in [0.25, 0.3) is 0 Å². The molecule has 0 radical (unpaired) electrons. The number of benzene rings is 1. The quantitative estimate of drug-likeness (QED) is 0.627. The van der Waals surface area contributed by atoms with Crippen LogP contribution in [0.2, 0.25) is 0 Å².